The van der Waals surface area contributed by atoms with Crippen molar-refractivity contribution >= 4 is 5.97 Å². The standard InChI is InChI=1S/C35H36O6/c1-38-29-15-12-25(13-16-29)18-28-14-17-32(35(36)37)33(19-28)34-21-30(40-23-27-10-6-3-7-11-27)20-31(41-34)24-39-22-26-8-4-2-5-9-26/h2-17,19,30-31,34H,18,20-24H2,1H3,(H,36,37)/t30-,31-,34+/m0/s1. The quantitative estimate of drug-likeness (QED) is 0.204. The minimum Gasteiger partial charge on any atom is -0.497 e. The van der Waals surface area contributed by atoms with Crippen molar-refractivity contribution in [2.75, 3.05) is 13.7 Å². The maximum atomic E-state index is 12.3. The Balaban J connectivity index is 1.35. The van der Waals surface area contributed by atoms with Gasteiger partial charge in [0.2, 0.25) is 0 Å². The van der Waals surface area contributed by atoms with Gasteiger partial charge in [0.1, 0.15) is 5.75 Å². The van der Waals surface area contributed by atoms with Gasteiger partial charge in [0.05, 0.1) is 50.8 Å². The van der Waals surface area contributed by atoms with Crippen LogP contribution in [0.4, 0.5) is 0 Å². The lowest BCUT2D eigenvalue weighted by Gasteiger charge is -2.36. The number of carboxylic acid groups (broad SMARTS) is 1. The highest BCUT2D eigenvalue weighted by Gasteiger charge is 2.33. The Morgan fingerprint density at radius 2 is 1.46 bits per heavy atom. The van der Waals surface area contributed by atoms with Gasteiger partial charge < -0.3 is 24.1 Å². The van der Waals surface area contributed by atoms with Gasteiger partial charge in [-0.3, -0.25) is 0 Å². The van der Waals surface area contributed by atoms with Gasteiger partial charge in [0, 0.05) is 12.8 Å². The Kier molecular flexibility index (Phi) is 9.81. The highest BCUT2D eigenvalue weighted by atomic mass is 16.5. The molecule has 3 atom stereocenters. The summed E-state index contributed by atoms with van der Waals surface area (Å²) < 4.78 is 24.2. The molecule has 6 nitrogen and oxygen atoms in total. The molecule has 1 saturated heterocycles. The average molecular weight is 553 g/mol. The minimum absolute atomic E-state index is 0.105. The van der Waals surface area contributed by atoms with E-state index < -0.39 is 12.1 Å². The zero-order valence-electron chi connectivity index (χ0n) is 23.3. The van der Waals surface area contributed by atoms with Gasteiger partial charge in [-0.25, -0.2) is 4.79 Å². The summed E-state index contributed by atoms with van der Waals surface area (Å²) in [7, 11) is 1.65. The number of carbonyl (C=O) groups is 1. The SMILES string of the molecule is COc1ccc(Cc2ccc(C(=O)O)c([C@H]3C[C@@H](OCc4ccccc4)C[C@@H](COCc4ccccc4)O3)c2)cc1. The van der Waals surface area contributed by atoms with Gasteiger partial charge in [-0.15, -0.1) is 0 Å². The number of aromatic carboxylic acids is 1. The van der Waals surface area contributed by atoms with Crippen LogP contribution >= 0.6 is 0 Å². The van der Waals surface area contributed by atoms with Gasteiger partial charge in [-0.05, 0) is 52.4 Å². The van der Waals surface area contributed by atoms with Crippen molar-refractivity contribution in [2.24, 2.45) is 0 Å². The topological polar surface area (TPSA) is 74.2 Å². The maximum absolute atomic E-state index is 12.3. The van der Waals surface area contributed by atoms with Crippen LogP contribution in [0.1, 0.15) is 57.1 Å². The highest BCUT2D eigenvalue weighted by molar-refractivity contribution is 5.89. The molecule has 41 heavy (non-hydrogen) atoms. The molecule has 1 heterocycles. The van der Waals surface area contributed by atoms with Crippen LogP contribution in [0.25, 0.3) is 0 Å². The third-order valence-corrected chi connectivity index (χ3v) is 7.36. The molecular formula is C35H36O6. The normalized spacial score (nSPS) is 18.6. The molecule has 0 aromatic heterocycles. The second kappa shape index (κ2) is 14.1. The van der Waals surface area contributed by atoms with E-state index in [0.29, 0.717) is 44.6 Å². The van der Waals surface area contributed by atoms with Crippen LogP contribution in [0.5, 0.6) is 5.75 Å². The van der Waals surface area contributed by atoms with E-state index in [1.807, 2.05) is 97.1 Å². The van der Waals surface area contributed by atoms with E-state index in [2.05, 4.69) is 0 Å². The molecule has 212 valence electrons. The molecule has 0 aliphatic carbocycles. The lowest BCUT2D eigenvalue weighted by atomic mass is 9.90. The lowest BCUT2D eigenvalue weighted by molar-refractivity contribution is -0.142. The van der Waals surface area contributed by atoms with E-state index in [1.54, 1.807) is 13.2 Å². The first kappa shape index (κ1) is 28.6. The van der Waals surface area contributed by atoms with Crippen LogP contribution in [0, 0.1) is 0 Å². The number of ether oxygens (including phenoxy) is 4. The number of hydrogen-bond donors (Lipinski definition) is 1. The summed E-state index contributed by atoms with van der Waals surface area (Å²) in [6, 6.07) is 33.5. The Labute approximate surface area is 241 Å². The van der Waals surface area contributed by atoms with E-state index in [0.717, 1.165) is 28.0 Å². The molecule has 0 bridgehead atoms. The molecule has 1 fully saturated rings. The van der Waals surface area contributed by atoms with Gasteiger partial charge >= 0.3 is 5.97 Å². The molecular weight excluding hydrogens is 516 g/mol. The molecule has 1 aliphatic rings. The first-order chi connectivity index (χ1) is 20.1. The van der Waals surface area contributed by atoms with Crippen LogP contribution in [-0.4, -0.2) is 37.0 Å². The summed E-state index contributed by atoms with van der Waals surface area (Å²) in [6.45, 7) is 1.36. The molecule has 0 spiro atoms. The predicted molar refractivity (Wildman–Crippen MR) is 157 cm³/mol. The lowest BCUT2D eigenvalue weighted by Crippen LogP contribution is -2.36. The fourth-order valence-electron chi connectivity index (χ4n) is 5.25. The Hall–Kier alpha value is -3.97. The molecule has 0 amide bonds. The fourth-order valence-corrected chi connectivity index (χ4v) is 5.25. The van der Waals surface area contributed by atoms with Crippen LogP contribution < -0.4 is 4.74 Å². The first-order valence-electron chi connectivity index (χ1n) is 14.0. The first-order valence-corrected chi connectivity index (χ1v) is 14.0. The number of benzene rings is 4. The summed E-state index contributed by atoms with van der Waals surface area (Å²) >= 11 is 0. The van der Waals surface area contributed by atoms with Gasteiger partial charge in [-0.2, -0.15) is 0 Å². The van der Waals surface area contributed by atoms with E-state index in [-0.39, 0.29) is 17.8 Å². The largest absolute Gasteiger partial charge is 0.497 e. The van der Waals surface area contributed by atoms with Gasteiger partial charge in [0.15, 0.2) is 0 Å². The van der Waals surface area contributed by atoms with Crippen LogP contribution in [0.15, 0.2) is 103 Å². The minimum atomic E-state index is -0.969. The zero-order valence-corrected chi connectivity index (χ0v) is 23.3. The van der Waals surface area contributed by atoms with E-state index >= 15 is 0 Å². The van der Waals surface area contributed by atoms with Gasteiger partial charge in [-0.1, -0.05) is 84.9 Å². The molecule has 1 N–H and O–H groups in total. The second-order valence-corrected chi connectivity index (χ2v) is 10.4. The Bertz CT molecular complexity index is 1390. The van der Waals surface area contributed by atoms with Crippen molar-refractivity contribution in [3.05, 3.63) is 137 Å². The van der Waals surface area contributed by atoms with Crippen molar-refractivity contribution in [1.82, 2.24) is 0 Å². The molecule has 0 unspecified atom stereocenters. The van der Waals surface area contributed by atoms with Crippen LogP contribution in [-0.2, 0) is 33.8 Å². The van der Waals surface area contributed by atoms with Crippen LogP contribution in [0.3, 0.4) is 0 Å². The van der Waals surface area contributed by atoms with Crippen molar-refractivity contribution in [3.8, 4) is 5.75 Å². The second-order valence-electron chi connectivity index (χ2n) is 10.4. The predicted octanol–water partition coefficient (Wildman–Crippen LogP) is 7.01. The smallest absolute Gasteiger partial charge is 0.336 e. The number of hydrogen-bond acceptors (Lipinski definition) is 5. The molecule has 1 aliphatic heterocycles. The number of methoxy groups -OCH3 is 1. The monoisotopic (exact) mass is 552 g/mol. The maximum Gasteiger partial charge on any atom is 0.336 e. The Morgan fingerprint density at radius 1 is 0.805 bits per heavy atom. The molecule has 5 rings (SSSR count). The highest BCUT2D eigenvalue weighted by Crippen LogP contribution is 2.36. The van der Waals surface area contributed by atoms with Crippen molar-refractivity contribution in [3.63, 3.8) is 0 Å². The fraction of sp³-hybridized carbons (Fsp3) is 0.286. The molecule has 0 radical (unpaired) electrons. The molecule has 4 aromatic carbocycles. The summed E-state index contributed by atoms with van der Waals surface area (Å²) in [5, 5.41) is 10.1. The zero-order chi connectivity index (χ0) is 28.4. The summed E-state index contributed by atoms with van der Waals surface area (Å²) in [5.41, 5.74) is 5.24. The van der Waals surface area contributed by atoms with Crippen molar-refractivity contribution in [1.29, 1.82) is 0 Å². The molecule has 0 saturated carbocycles. The number of rotatable bonds is 12. The summed E-state index contributed by atoms with van der Waals surface area (Å²) in [4.78, 5) is 12.3. The van der Waals surface area contributed by atoms with Crippen molar-refractivity contribution in [2.45, 2.75) is 50.8 Å². The van der Waals surface area contributed by atoms with E-state index in [1.165, 1.54) is 0 Å². The Morgan fingerprint density at radius 3 is 2.12 bits per heavy atom. The van der Waals surface area contributed by atoms with Gasteiger partial charge in [0.25, 0.3) is 0 Å². The third-order valence-electron chi connectivity index (χ3n) is 7.36. The van der Waals surface area contributed by atoms with Crippen LogP contribution in [0.2, 0.25) is 0 Å². The molecule has 4 aromatic rings. The van der Waals surface area contributed by atoms with E-state index in [9.17, 15) is 9.90 Å². The summed E-state index contributed by atoms with van der Waals surface area (Å²) in [6.07, 6.45) is 1.13. The number of carboxylic acids is 1. The van der Waals surface area contributed by atoms with Crippen molar-refractivity contribution < 1.29 is 28.8 Å². The average Bonchev–Trinajstić information content (AvgIpc) is 3.01. The summed E-state index contributed by atoms with van der Waals surface area (Å²) in [5.74, 6) is -0.169. The third kappa shape index (κ3) is 8.04. The van der Waals surface area contributed by atoms with E-state index in [4.69, 9.17) is 18.9 Å². The molecule has 6 heteroatoms.